The van der Waals surface area contributed by atoms with Crippen LogP contribution in [0.1, 0.15) is 49.1 Å². The second-order valence-corrected chi connectivity index (χ2v) is 5.29. The predicted octanol–water partition coefficient (Wildman–Crippen LogP) is 4.51. The van der Waals surface area contributed by atoms with Crippen molar-refractivity contribution in [2.75, 3.05) is 0 Å². The van der Waals surface area contributed by atoms with Gasteiger partial charge in [0.2, 0.25) is 0 Å². The molecule has 1 nitrogen and oxygen atoms in total. The average molecular weight is 269 g/mol. The molecule has 0 aromatic heterocycles. The van der Waals surface area contributed by atoms with Gasteiger partial charge >= 0.3 is 0 Å². The minimum Gasteiger partial charge on any atom is -0.508 e. The number of rotatable bonds is 1. The number of aromatic hydroxyl groups is 1. The summed E-state index contributed by atoms with van der Waals surface area (Å²) in [5.74, 6) is 1.04. The fourth-order valence-corrected chi connectivity index (χ4v) is 3.04. The number of phenols is 1. The Labute approximate surface area is 99.6 Å². The third-order valence-electron chi connectivity index (χ3n) is 3.31. The van der Waals surface area contributed by atoms with E-state index in [1.54, 1.807) is 0 Å². The third-order valence-corrected chi connectivity index (χ3v) is 4.40. The lowest BCUT2D eigenvalue weighted by Crippen LogP contribution is -2.05. The smallest absolute Gasteiger partial charge is 0.116 e. The minimum absolute atomic E-state index is 0.399. The lowest BCUT2D eigenvalue weighted by molar-refractivity contribution is 0.436. The van der Waals surface area contributed by atoms with Gasteiger partial charge in [0.1, 0.15) is 5.75 Å². The van der Waals surface area contributed by atoms with E-state index < -0.39 is 0 Å². The zero-order valence-electron chi connectivity index (χ0n) is 9.09. The maximum Gasteiger partial charge on any atom is 0.116 e. The van der Waals surface area contributed by atoms with Crippen molar-refractivity contribution in [2.24, 2.45) is 0 Å². The monoisotopic (exact) mass is 268 g/mol. The van der Waals surface area contributed by atoms with Gasteiger partial charge in [0.15, 0.2) is 0 Å². The van der Waals surface area contributed by atoms with E-state index in [0.29, 0.717) is 11.7 Å². The van der Waals surface area contributed by atoms with Crippen LogP contribution in [0.5, 0.6) is 5.75 Å². The molecule has 0 spiro atoms. The van der Waals surface area contributed by atoms with Crippen LogP contribution in [0.4, 0.5) is 0 Å². The Morgan fingerprint density at radius 3 is 2.53 bits per heavy atom. The van der Waals surface area contributed by atoms with Crippen LogP contribution in [-0.4, -0.2) is 5.11 Å². The Morgan fingerprint density at radius 1 is 1.20 bits per heavy atom. The SMILES string of the molecule is Cc1cc(O)cc(C2CCCCC2)c1Br. The van der Waals surface area contributed by atoms with E-state index in [2.05, 4.69) is 15.9 Å². The standard InChI is InChI=1S/C13H17BrO/c1-9-7-11(15)8-12(13(9)14)10-5-3-2-4-6-10/h7-8,10,15H,2-6H2,1H3. The second kappa shape index (κ2) is 4.56. The molecule has 0 atom stereocenters. The van der Waals surface area contributed by atoms with Crippen LogP contribution in [0.3, 0.4) is 0 Å². The molecule has 0 amide bonds. The lowest BCUT2D eigenvalue weighted by atomic mass is 9.83. The van der Waals surface area contributed by atoms with Gasteiger partial charge in [0.25, 0.3) is 0 Å². The number of aryl methyl sites for hydroxylation is 1. The van der Waals surface area contributed by atoms with Gasteiger partial charge < -0.3 is 5.11 Å². The highest BCUT2D eigenvalue weighted by Crippen LogP contribution is 2.39. The molecule has 0 radical (unpaired) electrons. The summed E-state index contributed by atoms with van der Waals surface area (Å²) in [5, 5.41) is 9.63. The van der Waals surface area contributed by atoms with E-state index in [-0.39, 0.29) is 0 Å². The molecule has 0 aliphatic heterocycles. The van der Waals surface area contributed by atoms with Crippen molar-refractivity contribution in [3.05, 3.63) is 27.7 Å². The number of phenolic OH excluding ortho intramolecular Hbond substituents is 1. The summed E-state index contributed by atoms with van der Waals surface area (Å²) in [4.78, 5) is 0. The van der Waals surface area contributed by atoms with E-state index in [0.717, 1.165) is 5.56 Å². The number of hydrogen-bond donors (Lipinski definition) is 1. The van der Waals surface area contributed by atoms with Gasteiger partial charge in [-0.3, -0.25) is 0 Å². The minimum atomic E-state index is 0.399. The molecule has 82 valence electrons. The first-order valence-electron chi connectivity index (χ1n) is 5.67. The van der Waals surface area contributed by atoms with E-state index in [1.807, 2.05) is 19.1 Å². The normalized spacial score (nSPS) is 18.0. The van der Waals surface area contributed by atoms with Crippen molar-refractivity contribution >= 4 is 15.9 Å². The van der Waals surface area contributed by atoms with Crippen molar-refractivity contribution in [1.29, 1.82) is 0 Å². The summed E-state index contributed by atoms with van der Waals surface area (Å²) in [6.45, 7) is 2.04. The molecular formula is C13H17BrO. The van der Waals surface area contributed by atoms with Gasteiger partial charge in [0, 0.05) is 4.47 Å². The quantitative estimate of drug-likeness (QED) is 0.795. The summed E-state index contributed by atoms with van der Waals surface area (Å²) in [6, 6.07) is 3.74. The van der Waals surface area contributed by atoms with Gasteiger partial charge in [-0.2, -0.15) is 0 Å². The van der Waals surface area contributed by atoms with Crippen molar-refractivity contribution in [3.8, 4) is 5.75 Å². The van der Waals surface area contributed by atoms with Crippen LogP contribution in [0.25, 0.3) is 0 Å². The van der Waals surface area contributed by atoms with Gasteiger partial charge in [0.05, 0.1) is 0 Å². The number of hydrogen-bond acceptors (Lipinski definition) is 1. The molecule has 1 fully saturated rings. The summed E-state index contributed by atoms with van der Waals surface area (Å²) in [6.07, 6.45) is 6.55. The Morgan fingerprint density at radius 2 is 1.87 bits per heavy atom. The van der Waals surface area contributed by atoms with Crippen LogP contribution in [0.2, 0.25) is 0 Å². The first-order valence-corrected chi connectivity index (χ1v) is 6.47. The maximum absolute atomic E-state index is 9.63. The highest BCUT2D eigenvalue weighted by Gasteiger charge is 2.19. The molecule has 1 aliphatic rings. The fraction of sp³-hybridized carbons (Fsp3) is 0.538. The van der Waals surface area contributed by atoms with Gasteiger partial charge in [-0.1, -0.05) is 35.2 Å². The topological polar surface area (TPSA) is 20.2 Å². The van der Waals surface area contributed by atoms with Crippen molar-refractivity contribution in [3.63, 3.8) is 0 Å². The Balaban J connectivity index is 2.33. The summed E-state index contributed by atoms with van der Waals surface area (Å²) in [7, 11) is 0. The van der Waals surface area contributed by atoms with Gasteiger partial charge in [-0.05, 0) is 48.9 Å². The molecule has 0 saturated heterocycles. The Kier molecular flexibility index (Phi) is 3.35. The average Bonchev–Trinajstić information content (AvgIpc) is 2.24. The van der Waals surface area contributed by atoms with Crippen LogP contribution in [-0.2, 0) is 0 Å². The number of benzene rings is 1. The molecular weight excluding hydrogens is 252 g/mol. The molecule has 0 bridgehead atoms. The summed E-state index contributed by atoms with van der Waals surface area (Å²) >= 11 is 3.64. The number of halogens is 1. The largest absolute Gasteiger partial charge is 0.508 e. The van der Waals surface area contributed by atoms with Crippen LogP contribution < -0.4 is 0 Å². The fourth-order valence-electron chi connectivity index (χ4n) is 2.49. The Bertz CT molecular complexity index is 354. The highest BCUT2D eigenvalue weighted by atomic mass is 79.9. The van der Waals surface area contributed by atoms with E-state index in [1.165, 1.54) is 42.1 Å². The summed E-state index contributed by atoms with van der Waals surface area (Å²) in [5.41, 5.74) is 2.43. The molecule has 15 heavy (non-hydrogen) atoms. The van der Waals surface area contributed by atoms with E-state index >= 15 is 0 Å². The lowest BCUT2D eigenvalue weighted by Gasteiger charge is -2.23. The molecule has 0 unspecified atom stereocenters. The van der Waals surface area contributed by atoms with Gasteiger partial charge in [-0.15, -0.1) is 0 Å². The molecule has 1 N–H and O–H groups in total. The van der Waals surface area contributed by atoms with Crippen molar-refractivity contribution in [2.45, 2.75) is 44.9 Å². The first kappa shape index (κ1) is 11.0. The molecule has 1 aromatic rings. The summed E-state index contributed by atoms with van der Waals surface area (Å²) < 4.78 is 1.19. The van der Waals surface area contributed by atoms with Crippen molar-refractivity contribution in [1.82, 2.24) is 0 Å². The second-order valence-electron chi connectivity index (χ2n) is 4.50. The van der Waals surface area contributed by atoms with Crippen molar-refractivity contribution < 1.29 is 5.11 Å². The maximum atomic E-state index is 9.63. The zero-order valence-corrected chi connectivity index (χ0v) is 10.7. The third kappa shape index (κ3) is 2.36. The van der Waals surface area contributed by atoms with Crippen LogP contribution in [0.15, 0.2) is 16.6 Å². The zero-order chi connectivity index (χ0) is 10.8. The Hall–Kier alpha value is -0.500. The molecule has 2 heteroatoms. The first-order chi connectivity index (χ1) is 7.18. The van der Waals surface area contributed by atoms with Crippen LogP contribution in [0, 0.1) is 6.92 Å². The predicted molar refractivity (Wildman–Crippen MR) is 66.4 cm³/mol. The highest BCUT2D eigenvalue weighted by molar-refractivity contribution is 9.10. The molecule has 2 rings (SSSR count). The molecule has 0 heterocycles. The van der Waals surface area contributed by atoms with Gasteiger partial charge in [-0.25, -0.2) is 0 Å². The van der Waals surface area contributed by atoms with E-state index in [4.69, 9.17) is 0 Å². The molecule has 1 aliphatic carbocycles. The van der Waals surface area contributed by atoms with E-state index in [9.17, 15) is 5.11 Å². The van der Waals surface area contributed by atoms with Crippen LogP contribution >= 0.6 is 15.9 Å². The molecule has 1 aromatic carbocycles. The molecule has 1 saturated carbocycles.